The first-order valence-electron chi connectivity index (χ1n) is 6.49. The van der Waals surface area contributed by atoms with Crippen molar-refractivity contribution in [3.63, 3.8) is 0 Å². The third-order valence-corrected chi connectivity index (χ3v) is 3.65. The standard InChI is InChI=1S/C14H21ClN2O2/c1-5-16(6-2)14(19)9-17-10(3)7-12(11(17)4)13(18)8-15/h7H,5-6,8-9H2,1-4H3. The Kier molecular flexibility index (Phi) is 5.60. The molecule has 0 N–H and O–H groups in total. The van der Waals surface area contributed by atoms with Crippen molar-refractivity contribution in [3.05, 3.63) is 23.0 Å². The van der Waals surface area contributed by atoms with Crippen LogP contribution < -0.4 is 0 Å². The molecule has 4 nitrogen and oxygen atoms in total. The van der Waals surface area contributed by atoms with Crippen LogP contribution >= 0.6 is 11.6 Å². The minimum absolute atomic E-state index is 0.0334. The Morgan fingerprint density at radius 3 is 2.32 bits per heavy atom. The highest BCUT2D eigenvalue weighted by Gasteiger charge is 2.18. The number of Topliss-reactive ketones (excluding diaryl/α,β-unsaturated/α-hetero) is 1. The molecule has 0 spiro atoms. The number of amides is 1. The van der Waals surface area contributed by atoms with Crippen molar-refractivity contribution >= 4 is 23.3 Å². The highest BCUT2D eigenvalue weighted by molar-refractivity contribution is 6.30. The second kappa shape index (κ2) is 6.75. The van der Waals surface area contributed by atoms with E-state index >= 15 is 0 Å². The van der Waals surface area contributed by atoms with E-state index in [1.54, 1.807) is 11.0 Å². The maximum absolute atomic E-state index is 12.1. The fourth-order valence-electron chi connectivity index (χ4n) is 2.21. The maximum Gasteiger partial charge on any atom is 0.242 e. The summed E-state index contributed by atoms with van der Waals surface area (Å²) in [5.41, 5.74) is 2.33. The number of likely N-dealkylation sites (N-methyl/N-ethyl adjacent to an activating group) is 1. The molecule has 1 amide bonds. The normalized spacial score (nSPS) is 10.6. The van der Waals surface area contributed by atoms with Crippen LogP contribution in [0.3, 0.4) is 0 Å². The largest absolute Gasteiger partial charge is 0.342 e. The first-order chi connectivity index (χ1) is 8.96. The Hall–Kier alpha value is -1.29. The van der Waals surface area contributed by atoms with E-state index in [1.165, 1.54) is 0 Å². The van der Waals surface area contributed by atoms with Crippen LogP contribution in [0.25, 0.3) is 0 Å². The Bertz CT molecular complexity index is 476. The molecule has 0 aliphatic carbocycles. The van der Waals surface area contributed by atoms with Gasteiger partial charge in [0.15, 0.2) is 5.78 Å². The predicted octanol–water partition coefficient (Wildman–Crippen LogP) is 2.39. The zero-order valence-corrected chi connectivity index (χ0v) is 12.8. The highest BCUT2D eigenvalue weighted by atomic mass is 35.5. The van der Waals surface area contributed by atoms with Gasteiger partial charge in [-0.3, -0.25) is 9.59 Å². The van der Waals surface area contributed by atoms with Gasteiger partial charge < -0.3 is 9.47 Å². The Labute approximate surface area is 119 Å². The Morgan fingerprint density at radius 1 is 1.26 bits per heavy atom. The molecule has 5 heteroatoms. The molecule has 106 valence electrons. The smallest absolute Gasteiger partial charge is 0.242 e. The molecular formula is C14H21ClN2O2. The first-order valence-corrected chi connectivity index (χ1v) is 7.03. The van der Waals surface area contributed by atoms with Gasteiger partial charge in [0.25, 0.3) is 0 Å². The van der Waals surface area contributed by atoms with Gasteiger partial charge in [-0.1, -0.05) is 0 Å². The molecule has 0 saturated carbocycles. The molecule has 0 radical (unpaired) electrons. The van der Waals surface area contributed by atoms with Crippen molar-refractivity contribution in [1.82, 2.24) is 9.47 Å². The lowest BCUT2D eigenvalue weighted by Gasteiger charge is -2.20. The van der Waals surface area contributed by atoms with Crippen LogP contribution in [0.1, 0.15) is 35.6 Å². The van der Waals surface area contributed by atoms with E-state index in [2.05, 4.69) is 0 Å². The summed E-state index contributed by atoms with van der Waals surface area (Å²) in [4.78, 5) is 25.6. The van der Waals surface area contributed by atoms with Crippen molar-refractivity contribution in [3.8, 4) is 0 Å². The third kappa shape index (κ3) is 3.38. The third-order valence-electron chi connectivity index (χ3n) is 3.40. The average molecular weight is 285 g/mol. The Morgan fingerprint density at radius 2 is 1.84 bits per heavy atom. The Balaban J connectivity index is 2.99. The number of carbonyl (C=O) groups is 2. The molecule has 1 aromatic rings. The molecule has 0 atom stereocenters. The van der Waals surface area contributed by atoms with Crippen molar-refractivity contribution in [1.29, 1.82) is 0 Å². The number of aryl methyl sites for hydroxylation is 1. The first kappa shape index (κ1) is 15.8. The van der Waals surface area contributed by atoms with Gasteiger partial charge in [0.2, 0.25) is 5.91 Å². The number of rotatable bonds is 6. The lowest BCUT2D eigenvalue weighted by Crippen LogP contribution is -2.33. The molecule has 0 aromatic carbocycles. The molecule has 0 aliphatic rings. The van der Waals surface area contributed by atoms with E-state index < -0.39 is 0 Å². The van der Waals surface area contributed by atoms with Gasteiger partial charge in [0.1, 0.15) is 6.54 Å². The number of carbonyl (C=O) groups excluding carboxylic acids is 2. The van der Waals surface area contributed by atoms with Gasteiger partial charge in [-0.15, -0.1) is 11.6 Å². The van der Waals surface area contributed by atoms with E-state index in [-0.39, 0.29) is 24.1 Å². The zero-order valence-electron chi connectivity index (χ0n) is 12.0. The van der Waals surface area contributed by atoms with Gasteiger partial charge in [-0.05, 0) is 33.8 Å². The van der Waals surface area contributed by atoms with Gasteiger partial charge in [-0.2, -0.15) is 0 Å². The monoisotopic (exact) mass is 284 g/mol. The van der Waals surface area contributed by atoms with Gasteiger partial charge in [0, 0.05) is 30.0 Å². The number of hydrogen-bond acceptors (Lipinski definition) is 2. The minimum Gasteiger partial charge on any atom is -0.342 e. The van der Waals surface area contributed by atoms with Crippen molar-refractivity contribution in [2.24, 2.45) is 0 Å². The summed E-state index contributed by atoms with van der Waals surface area (Å²) >= 11 is 5.59. The number of aromatic nitrogens is 1. The average Bonchev–Trinajstić information content (AvgIpc) is 2.67. The molecule has 0 fully saturated rings. The summed E-state index contributed by atoms with van der Waals surface area (Å²) in [6, 6.07) is 1.80. The van der Waals surface area contributed by atoms with Crippen LogP contribution in [0.4, 0.5) is 0 Å². The van der Waals surface area contributed by atoms with Crippen LogP contribution in [-0.2, 0) is 11.3 Å². The van der Waals surface area contributed by atoms with Crippen LogP contribution in [-0.4, -0.2) is 40.1 Å². The molecule has 0 unspecified atom stereocenters. The van der Waals surface area contributed by atoms with Crippen molar-refractivity contribution in [2.45, 2.75) is 34.2 Å². The SMILES string of the molecule is CCN(CC)C(=O)Cn1c(C)cc(C(=O)CCl)c1C. The second-order valence-electron chi connectivity index (χ2n) is 4.49. The molecule has 1 aromatic heterocycles. The fraction of sp³-hybridized carbons (Fsp3) is 0.571. The molecule has 0 bridgehead atoms. The number of hydrogen-bond donors (Lipinski definition) is 0. The molecule has 0 aliphatic heterocycles. The van der Waals surface area contributed by atoms with Crippen LogP contribution in [0.15, 0.2) is 6.07 Å². The second-order valence-corrected chi connectivity index (χ2v) is 4.76. The van der Waals surface area contributed by atoms with Crippen LogP contribution in [0.5, 0.6) is 0 Å². The number of nitrogens with zero attached hydrogens (tertiary/aromatic N) is 2. The predicted molar refractivity (Wildman–Crippen MR) is 76.9 cm³/mol. The summed E-state index contributed by atoms with van der Waals surface area (Å²) in [7, 11) is 0. The van der Waals surface area contributed by atoms with E-state index in [4.69, 9.17) is 11.6 Å². The lowest BCUT2D eigenvalue weighted by molar-refractivity contribution is -0.131. The molecule has 19 heavy (non-hydrogen) atoms. The van der Waals surface area contributed by atoms with Gasteiger partial charge in [0.05, 0.1) is 5.88 Å². The molecule has 0 saturated heterocycles. The maximum atomic E-state index is 12.1. The van der Waals surface area contributed by atoms with E-state index in [1.807, 2.05) is 32.3 Å². The highest BCUT2D eigenvalue weighted by Crippen LogP contribution is 2.16. The zero-order chi connectivity index (χ0) is 14.6. The minimum atomic E-state index is -0.101. The fourth-order valence-corrected chi connectivity index (χ4v) is 2.35. The summed E-state index contributed by atoms with van der Waals surface area (Å²) in [5.74, 6) is -0.0677. The molecule has 1 heterocycles. The van der Waals surface area contributed by atoms with E-state index in [9.17, 15) is 9.59 Å². The number of alkyl halides is 1. The van der Waals surface area contributed by atoms with Gasteiger partial charge >= 0.3 is 0 Å². The van der Waals surface area contributed by atoms with Crippen molar-refractivity contribution < 1.29 is 9.59 Å². The lowest BCUT2D eigenvalue weighted by atomic mass is 10.2. The van der Waals surface area contributed by atoms with Crippen LogP contribution in [0, 0.1) is 13.8 Å². The summed E-state index contributed by atoms with van der Waals surface area (Å²) in [6.45, 7) is 9.33. The summed E-state index contributed by atoms with van der Waals surface area (Å²) in [5, 5.41) is 0. The summed E-state index contributed by atoms with van der Waals surface area (Å²) in [6.07, 6.45) is 0. The quantitative estimate of drug-likeness (QED) is 0.595. The molecular weight excluding hydrogens is 264 g/mol. The van der Waals surface area contributed by atoms with Gasteiger partial charge in [-0.25, -0.2) is 0 Å². The number of halogens is 1. The topological polar surface area (TPSA) is 42.3 Å². The summed E-state index contributed by atoms with van der Waals surface area (Å²) < 4.78 is 1.88. The van der Waals surface area contributed by atoms with E-state index in [0.29, 0.717) is 18.7 Å². The molecule has 1 rings (SSSR count). The van der Waals surface area contributed by atoms with E-state index in [0.717, 1.165) is 11.4 Å². The van der Waals surface area contributed by atoms with Crippen LogP contribution in [0.2, 0.25) is 0 Å². The number of ketones is 1. The van der Waals surface area contributed by atoms with Crippen molar-refractivity contribution in [2.75, 3.05) is 19.0 Å².